The van der Waals surface area contributed by atoms with Gasteiger partial charge in [-0.15, -0.1) is 10.9 Å². The molecule has 1 aromatic carbocycles. The number of hydrogen-bond donors (Lipinski definition) is 0. The predicted molar refractivity (Wildman–Crippen MR) is 81.8 cm³/mol. The molecule has 0 fully saturated rings. The van der Waals surface area contributed by atoms with Crippen molar-refractivity contribution in [1.29, 1.82) is 0 Å². The summed E-state index contributed by atoms with van der Waals surface area (Å²) in [4.78, 5) is 2.32. The molecule has 3 nitrogen and oxygen atoms in total. The first-order valence-corrected chi connectivity index (χ1v) is 6.06. The van der Waals surface area contributed by atoms with E-state index in [2.05, 4.69) is 34.7 Å². The van der Waals surface area contributed by atoms with Crippen molar-refractivity contribution in [3.63, 3.8) is 0 Å². The third kappa shape index (κ3) is 2.78. The molecule has 111 valence electrons. The van der Waals surface area contributed by atoms with Gasteiger partial charge in [-0.25, -0.2) is 0 Å². The second-order valence-electron chi connectivity index (χ2n) is 4.70. The van der Waals surface area contributed by atoms with E-state index in [1.54, 1.807) is 0 Å². The molecule has 0 bridgehead atoms. The van der Waals surface area contributed by atoms with E-state index in [4.69, 9.17) is 4.74 Å². The molecule has 0 atom stereocenters. The standard InChI is InChI=1S/C14H14N2O.CH4.B.FH.W/c1-2-10-7-11-3-5-15-8-17-9-16-6-4-12(10)14(16)13(11)15;;;;/h4,6H,1-3,5,8-9H2;1H4;;1H;/q-2;;;;+2. The maximum atomic E-state index is 5.70. The Morgan fingerprint density at radius 1 is 1.33 bits per heavy atom. The summed E-state index contributed by atoms with van der Waals surface area (Å²) in [7, 11) is 0. The zero-order valence-electron chi connectivity index (χ0n) is 11.1. The van der Waals surface area contributed by atoms with Crippen LogP contribution in [-0.2, 0) is 45.4 Å². The maximum Gasteiger partial charge on any atom is 2.00 e. The number of rotatable bonds is 1. The zero-order valence-corrected chi connectivity index (χ0v) is 14.0. The summed E-state index contributed by atoms with van der Waals surface area (Å²) in [5.41, 5.74) is 5.22. The normalized spacial score (nSPS) is 14.4. The summed E-state index contributed by atoms with van der Waals surface area (Å²) in [5, 5.41) is 1.29. The number of nitrogens with zero attached hydrogens (tertiary/aromatic N) is 2. The van der Waals surface area contributed by atoms with Gasteiger partial charge < -0.3 is 21.1 Å². The Balaban J connectivity index is 0.000001000. The van der Waals surface area contributed by atoms with Gasteiger partial charge in [0.2, 0.25) is 0 Å². The Hall–Kier alpha value is -0.797. The molecule has 2 aromatic rings. The van der Waals surface area contributed by atoms with Crippen LogP contribution in [0.5, 0.6) is 0 Å². The van der Waals surface area contributed by atoms with Crippen LogP contribution in [0.4, 0.5) is 10.4 Å². The Kier molecular flexibility index (Phi) is 7.18. The molecule has 21 heavy (non-hydrogen) atoms. The number of anilines is 1. The third-order valence-electron chi connectivity index (χ3n) is 3.78. The number of halogens is 1. The molecule has 2 aliphatic rings. The summed E-state index contributed by atoms with van der Waals surface area (Å²) < 4.78 is 7.90. The van der Waals surface area contributed by atoms with E-state index in [0.717, 1.165) is 19.4 Å². The van der Waals surface area contributed by atoms with Crippen LogP contribution in [0.15, 0.2) is 12.3 Å². The minimum absolute atomic E-state index is 0. The maximum absolute atomic E-state index is 5.70. The molecular weight excluding hydrogens is 438 g/mol. The second kappa shape index (κ2) is 7.46. The van der Waals surface area contributed by atoms with E-state index >= 15 is 0 Å². The third-order valence-corrected chi connectivity index (χ3v) is 3.78. The van der Waals surface area contributed by atoms with E-state index in [0.29, 0.717) is 13.5 Å². The van der Waals surface area contributed by atoms with Gasteiger partial charge in [-0.1, -0.05) is 13.5 Å². The second-order valence-corrected chi connectivity index (χ2v) is 4.70. The molecule has 4 rings (SSSR count). The van der Waals surface area contributed by atoms with Crippen LogP contribution in [0.25, 0.3) is 10.9 Å². The van der Waals surface area contributed by atoms with E-state index in [-0.39, 0.29) is 41.6 Å². The van der Waals surface area contributed by atoms with Crippen LogP contribution in [0, 0.1) is 13.0 Å². The van der Waals surface area contributed by atoms with Gasteiger partial charge in [-0.2, -0.15) is 18.1 Å². The number of benzene rings is 1. The predicted octanol–water partition coefficient (Wildman–Crippen LogP) is 2.53. The molecule has 3 heterocycles. The van der Waals surface area contributed by atoms with Crippen LogP contribution >= 0.6 is 0 Å². The van der Waals surface area contributed by atoms with E-state index < -0.39 is 0 Å². The summed E-state index contributed by atoms with van der Waals surface area (Å²) in [6, 6.07) is 5.71. The molecule has 2 aliphatic heterocycles. The van der Waals surface area contributed by atoms with Crippen molar-refractivity contribution in [2.24, 2.45) is 0 Å². The van der Waals surface area contributed by atoms with Crippen molar-refractivity contribution in [1.82, 2.24) is 4.57 Å². The van der Waals surface area contributed by atoms with E-state index in [9.17, 15) is 0 Å². The molecule has 6 heteroatoms. The molecule has 0 saturated carbocycles. The molecule has 0 unspecified atom stereocenters. The van der Waals surface area contributed by atoms with Crippen LogP contribution in [0.2, 0.25) is 0 Å². The Morgan fingerprint density at radius 2 is 2.10 bits per heavy atom. The average molecular weight is 457 g/mol. The van der Waals surface area contributed by atoms with Gasteiger partial charge in [0.15, 0.2) is 0 Å². The molecular formula is C15H19BFN2OW. The molecule has 1 aromatic heterocycles. The Bertz CT molecular complexity index is 617. The van der Waals surface area contributed by atoms with Crippen molar-refractivity contribution in [3.8, 4) is 0 Å². The largest absolute Gasteiger partial charge is 2.00 e. The first-order chi connectivity index (χ1) is 8.38. The van der Waals surface area contributed by atoms with Gasteiger partial charge in [-0.05, 0) is 23.8 Å². The molecule has 0 aliphatic carbocycles. The molecule has 3 radical (unpaired) electrons. The fourth-order valence-corrected chi connectivity index (χ4v) is 2.99. The van der Waals surface area contributed by atoms with Crippen molar-refractivity contribution in [2.45, 2.75) is 27.0 Å². The quantitative estimate of drug-likeness (QED) is 0.484. The number of hydrogen-bond acceptors (Lipinski definition) is 2. The first kappa shape index (κ1) is 20.2. The summed E-state index contributed by atoms with van der Waals surface area (Å²) in [6.07, 6.45) is 3.99. The van der Waals surface area contributed by atoms with Crippen LogP contribution < -0.4 is 4.90 Å². The van der Waals surface area contributed by atoms with Gasteiger partial charge in [0.25, 0.3) is 0 Å². The van der Waals surface area contributed by atoms with Crippen LogP contribution in [-0.4, -0.2) is 26.3 Å². The summed E-state index contributed by atoms with van der Waals surface area (Å²) in [6.45, 7) is 6.41. The number of ether oxygens (including phenoxy) is 1. The number of aromatic nitrogens is 1. The van der Waals surface area contributed by atoms with Crippen molar-refractivity contribution in [3.05, 3.63) is 36.4 Å². The Labute approximate surface area is 141 Å². The van der Waals surface area contributed by atoms with Gasteiger partial charge in [0, 0.05) is 15.0 Å². The minimum Gasteiger partial charge on any atom is -0.400 e. The van der Waals surface area contributed by atoms with Gasteiger partial charge in [0.1, 0.15) is 13.5 Å². The SMILES string of the molecule is C.F.[B].[CH2-]Cc1[c-]c2c3c4c1ccn4COCN3CC2.[W+2]. The van der Waals surface area contributed by atoms with Crippen molar-refractivity contribution in [2.75, 3.05) is 18.2 Å². The van der Waals surface area contributed by atoms with E-state index in [1.165, 1.54) is 27.7 Å². The molecule has 0 amide bonds. The molecule has 0 N–H and O–H groups in total. The van der Waals surface area contributed by atoms with Crippen LogP contribution in [0.1, 0.15) is 18.6 Å². The first-order valence-electron chi connectivity index (χ1n) is 6.06. The summed E-state index contributed by atoms with van der Waals surface area (Å²) >= 11 is 0. The zero-order chi connectivity index (χ0) is 11.4. The Morgan fingerprint density at radius 3 is 2.81 bits per heavy atom. The monoisotopic (exact) mass is 457 g/mol. The summed E-state index contributed by atoms with van der Waals surface area (Å²) in [5.74, 6) is 0. The average Bonchev–Trinajstić information content (AvgIpc) is 2.88. The van der Waals surface area contributed by atoms with Crippen molar-refractivity contribution >= 4 is 25.0 Å². The molecule has 0 saturated heterocycles. The van der Waals surface area contributed by atoms with Gasteiger partial charge in [-0.3, -0.25) is 4.70 Å². The van der Waals surface area contributed by atoms with Gasteiger partial charge in [0.05, 0.1) is 0 Å². The van der Waals surface area contributed by atoms with E-state index in [1.807, 2.05) is 0 Å². The smallest absolute Gasteiger partial charge is 0.400 e. The van der Waals surface area contributed by atoms with Crippen LogP contribution in [0.3, 0.4) is 0 Å². The fourth-order valence-electron chi connectivity index (χ4n) is 2.99. The fraction of sp³-hybridized carbons (Fsp3) is 0.400. The molecule has 0 spiro atoms. The minimum atomic E-state index is 0. The van der Waals surface area contributed by atoms with Gasteiger partial charge >= 0.3 is 21.1 Å². The topological polar surface area (TPSA) is 17.4 Å². The van der Waals surface area contributed by atoms with Crippen molar-refractivity contribution < 1.29 is 30.5 Å².